The van der Waals surface area contributed by atoms with Crippen LogP contribution in [0.4, 0.5) is 0 Å². The van der Waals surface area contributed by atoms with Crippen molar-refractivity contribution in [3.63, 3.8) is 0 Å². The Labute approximate surface area is 317 Å². The number of rotatable bonds is 6. The lowest BCUT2D eigenvalue weighted by Gasteiger charge is -2.14. The Morgan fingerprint density at radius 1 is 0.582 bits per heavy atom. The van der Waals surface area contributed by atoms with Crippen molar-refractivity contribution < 1.29 is 0 Å². The second kappa shape index (κ2) is 12.6. The van der Waals surface area contributed by atoms with Gasteiger partial charge in [-0.05, 0) is 87.6 Å². The van der Waals surface area contributed by atoms with Gasteiger partial charge in [-0.15, -0.1) is 0 Å². The van der Waals surface area contributed by atoms with Gasteiger partial charge in [-0.3, -0.25) is 9.39 Å². The number of allylic oxidation sites excluding steroid dienone is 2. The average Bonchev–Trinajstić information content (AvgIpc) is 3.98. The molecule has 55 heavy (non-hydrogen) atoms. The fourth-order valence-electron chi connectivity index (χ4n) is 7.96. The third kappa shape index (κ3) is 5.34. The zero-order valence-corrected chi connectivity index (χ0v) is 29.7. The first-order chi connectivity index (χ1) is 27.2. The quantitative estimate of drug-likeness (QED) is 0.173. The summed E-state index contributed by atoms with van der Waals surface area (Å²) in [7, 11) is 0. The molecular formula is C49H32N6. The van der Waals surface area contributed by atoms with Crippen LogP contribution >= 0.6 is 0 Å². The van der Waals surface area contributed by atoms with Crippen LogP contribution in [0.25, 0.3) is 77.9 Å². The van der Waals surface area contributed by atoms with E-state index in [-0.39, 0.29) is 6.04 Å². The number of hydrogen-bond donors (Lipinski definition) is 0. The van der Waals surface area contributed by atoms with Crippen molar-refractivity contribution in [1.29, 1.82) is 0 Å². The summed E-state index contributed by atoms with van der Waals surface area (Å²) in [4.78, 5) is 18.8. The van der Waals surface area contributed by atoms with Crippen molar-refractivity contribution in [3.8, 4) is 50.5 Å². The van der Waals surface area contributed by atoms with Crippen molar-refractivity contribution in [1.82, 2.24) is 18.9 Å². The predicted molar refractivity (Wildman–Crippen MR) is 225 cm³/mol. The molecule has 0 radical (unpaired) electrons. The Balaban J connectivity index is 1.06. The average molecular weight is 705 g/mol. The molecule has 6 aromatic carbocycles. The summed E-state index contributed by atoms with van der Waals surface area (Å²) in [5, 5.41) is 3.57. The van der Waals surface area contributed by atoms with E-state index in [1.807, 2.05) is 41.1 Å². The van der Waals surface area contributed by atoms with Crippen LogP contribution < -0.4 is 0 Å². The summed E-state index contributed by atoms with van der Waals surface area (Å²) in [5.74, 6) is 1.47. The minimum atomic E-state index is 0.000284. The summed E-state index contributed by atoms with van der Waals surface area (Å²) < 4.78 is 4.37. The van der Waals surface area contributed by atoms with Crippen molar-refractivity contribution in [2.75, 3.05) is 0 Å². The Kier molecular flexibility index (Phi) is 7.13. The maximum absolute atomic E-state index is 4.89. The standard InChI is InChI=1S/C49H32N6/c1-3-10-34(11-4-1)46-41-29-39-28-37(32-16-18-33(19-17-32)44-31-54-27-9-26-50-49(54)53-44)20-21-38(39)30-45(41)55(47(46)35-12-5-2-6-13-35)40-24-22-36(23-25-40)48-51-42-14-7-8-15-43(42)52-48/h1-31,42H. The monoisotopic (exact) mass is 704 g/mol. The minimum Gasteiger partial charge on any atom is -0.309 e. The molecule has 0 spiro atoms. The highest BCUT2D eigenvalue weighted by atomic mass is 15.1. The molecule has 0 N–H and O–H groups in total. The van der Waals surface area contributed by atoms with E-state index in [9.17, 15) is 0 Å². The number of hydrogen-bond acceptors (Lipinski definition) is 4. The lowest BCUT2D eigenvalue weighted by molar-refractivity contribution is 1.11. The summed E-state index contributed by atoms with van der Waals surface area (Å²) in [5.41, 5.74) is 13.2. The molecule has 11 rings (SSSR count). The maximum Gasteiger partial charge on any atom is 0.234 e. The Morgan fingerprint density at radius 2 is 1.33 bits per heavy atom. The van der Waals surface area contributed by atoms with Crippen molar-refractivity contribution in [2.45, 2.75) is 6.04 Å². The molecule has 1 unspecified atom stereocenters. The van der Waals surface area contributed by atoms with Crippen LogP contribution in [0.3, 0.4) is 0 Å². The zero-order valence-electron chi connectivity index (χ0n) is 29.7. The lowest BCUT2D eigenvalue weighted by Crippen LogP contribution is -2.11. The van der Waals surface area contributed by atoms with E-state index >= 15 is 0 Å². The fraction of sp³-hybridized carbons (Fsp3) is 0.0204. The normalized spacial score (nSPS) is 14.8. The van der Waals surface area contributed by atoms with E-state index < -0.39 is 0 Å². The molecule has 1 aliphatic heterocycles. The maximum atomic E-state index is 4.89. The molecule has 0 bridgehead atoms. The van der Waals surface area contributed by atoms with Crippen LogP contribution in [0.15, 0.2) is 198 Å². The Morgan fingerprint density at radius 3 is 2.11 bits per heavy atom. The van der Waals surface area contributed by atoms with Crippen LogP contribution in [-0.2, 0) is 0 Å². The highest BCUT2D eigenvalue weighted by Gasteiger charge is 2.24. The highest BCUT2D eigenvalue weighted by Crippen LogP contribution is 2.44. The molecule has 0 fully saturated rings. The molecule has 0 saturated heterocycles. The van der Waals surface area contributed by atoms with Crippen molar-refractivity contribution >= 4 is 39.0 Å². The van der Waals surface area contributed by atoms with Crippen LogP contribution in [0.2, 0.25) is 0 Å². The van der Waals surface area contributed by atoms with Gasteiger partial charge in [-0.1, -0.05) is 115 Å². The Bertz CT molecular complexity index is 3020. The Hall–Kier alpha value is -7.44. The van der Waals surface area contributed by atoms with Crippen LogP contribution in [0.1, 0.15) is 5.56 Å². The summed E-state index contributed by atoms with van der Waals surface area (Å²) >= 11 is 0. The highest BCUT2D eigenvalue weighted by molar-refractivity contribution is 6.18. The third-order valence-corrected chi connectivity index (χ3v) is 10.6. The number of aromatic nitrogens is 4. The van der Waals surface area contributed by atoms with E-state index in [0.29, 0.717) is 5.78 Å². The van der Waals surface area contributed by atoms with Gasteiger partial charge in [-0.25, -0.2) is 15.0 Å². The molecule has 0 saturated carbocycles. The van der Waals surface area contributed by atoms with Gasteiger partial charge >= 0.3 is 0 Å². The predicted octanol–water partition coefficient (Wildman–Crippen LogP) is 11.2. The van der Waals surface area contributed by atoms with Gasteiger partial charge in [0.05, 0.1) is 22.6 Å². The van der Waals surface area contributed by atoms with Gasteiger partial charge < -0.3 is 4.57 Å². The van der Waals surface area contributed by atoms with E-state index in [4.69, 9.17) is 15.0 Å². The van der Waals surface area contributed by atoms with Crippen LogP contribution in [0.5, 0.6) is 0 Å². The van der Waals surface area contributed by atoms with Gasteiger partial charge in [0.2, 0.25) is 5.78 Å². The summed E-state index contributed by atoms with van der Waals surface area (Å²) in [6.45, 7) is 0. The summed E-state index contributed by atoms with van der Waals surface area (Å²) in [6.07, 6.45) is 14.0. The largest absolute Gasteiger partial charge is 0.309 e. The van der Waals surface area contributed by atoms with E-state index in [2.05, 4.69) is 155 Å². The molecule has 1 aliphatic carbocycles. The summed E-state index contributed by atoms with van der Waals surface area (Å²) in [6, 6.07) is 52.3. The van der Waals surface area contributed by atoms with Crippen molar-refractivity contribution in [2.24, 2.45) is 9.98 Å². The smallest absolute Gasteiger partial charge is 0.234 e. The topological polar surface area (TPSA) is 59.8 Å². The molecule has 6 heteroatoms. The third-order valence-electron chi connectivity index (χ3n) is 10.6. The van der Waals surface area contributed by atoms with E-state index in [0.717, 1.165) is 56.4 Å². The number of amidine groups is 1. The second-order valence-electron chi connectivity index (χ2n) is 14.0. The number of aliphatic imine (C=N–C) groups is 2. The van der Waals surface area contributed by atoms with Crippen molar-refractivity contribution in [3.05, 3.63) is 194 Å². The number of fused-ring (bicyclic) bond motifs is 4. The van der Waals surface area contributed by atoms with Gasteiger partial charge in [0.1, 0.15) is 6.04 Å². The van der Waals surface area contributed by atoms with Gasteiger partial charge in [-0.2, -0.15) is 0 Å². The number of benzene rings is 6. The first-order valence-electron chi connectivity index (χ1n) is 18.5. The SMILES string of the molecule is C1=CC2=NC(c3ccc(-n4c(-c5ccccc5)c(-c5ccccc5)c5cc6cc(-c7ccc(-c8cn9cccnc9n8)cc7)ccc6cc54)cc3)=NC2C=C1. The van der Waals surface area contributed by atoms with E-state index in [1.54, 1.807) is 6.20 Å². The number of nitrogens with zero attached hydrogens (tertiary/aromatic N) is 6. The zero-order chi connectivity index (χ0) is 36.3. The fourth-order valence-corrected chi connectivity index (χ4v) is 7.96. The van der Waals surface area contributed by atoms with Gasteiger partial charge in [0.15, 0.2) is 5.84 Å². The van der Waals surface area contributed by atoms with Crippen LogP contribution in [0, 0.1) is 0 Å². The molecule has 0 amide bonds. The van der Waals surface area contributed by atoms with Gasteiger partial charge in [0, 0.05) is 46.4 Å². The molecule has 6 nitrogen and oxygen atoms in total. The first-order valence-corrected chi connectivity index (χ1v) is 18.5. The molecule has 4 heterocycles. The van der Waals surface area contributed by atoms with E-state index in [1.165, 1.54) is 32.8 Å². The lowest BCUT2D eigenvalue weighted by atomic mass is 9.95. The molecule has 2 aliphatic rings. The number of imidazole rings is 1. The molecule has 3 aromatic heterocycles. The second-order valence-corrected chi connectivity index (χ2v) is 14.0. The molecular weight excluding hydrogens is 673 g/mol. The molecule has 258 valence electrons. The minimum absolute atomic E-state index is 0.000284. The van der Waals surface area contributed by atoms with Gasteiger partial charge in [0.25, 0.3) is 0 Å². The first kappa shape index (κ1) is 31.1. The molecule has 9 aromatic rings. The van der Waals surface area contributed by atoms with Crippen LogP contribution in [-0.4, -0.2) is 36.5 Å². The molecule has 1 atom stereocenters.